The number of aliphatic hydroxyl groups is 1. The summed E-state index contributed by atoms with van der Waals surface area (Å²) < 4.78 is 0. The highest BCUT2D eigenvalue weighted by atomic mass is 16.3. The lowest BCUT2D eigenvalue weighted by atomic mass is 9.90. The number of benzene rings is 1. The smallest absolute Gasteiger partial charge is 0.257 e. The van der Waals surface area contributed by atoms with Crippen LogP contribution < -0.4 is 5.73 Å². The molecule has 130 valence electrons. The molecule has 1 atom stereocenters. The molecular formula is C19H22N4O2. The van der Waals surface area contributed by atoms with Gasteiger partial charge in [0.25, 0.3) is 5.91 Å². The quantitative estimate of drug-likeness (QED) is 0.894. The number of rotatable bonds is 3. The molecular weight excluding hydrogens is 316 g/mol. The number of nitrogen functional groups attached to an aromatic ring is 1. The summed E-state index contributed by atoms with van der Waals surface area (Å²) >= 11 is 0. The van der Waals surface area contributed by atoms with Gasteiger partial charge in [0.1, 0.15) is 0 Å². The van der Waals surface area contributed by atoms with E-state index in [1.807, 2.05) is 35.2 Å². The first kappa shape index (κ1) is 16.0. The lowest BCUT2D eigenvalue weighted by Crippen LogP contribution is -2.44. The molecule has 2 fully saturated rings. The summed E-state index contributed by atoms with van der Waals surface area (Å²) in [4.78, 5) is 23.3. The number of nitrogens with two attached hydrogens (primary N) is 1. The summed E-state index contributed by atoms with van der Waals surface area (Å²) in [6, 6.07) is 9.54. The zero-order valence-corrected chi connectivity index (χ0v) is 14.1. The predicted octanol–water partition coefficient (Wildman–Crippen LogP) is 2.10. The van der Waals surface area contributed by atoms with E-state index in [0.717, 1.165) is 31.2 Å². The number of piperidine rings is 1. The first-order valence-corrected chi connectivity index (χ1v) is 8.76. The maximum Gasteiger partial charge on any atom is 0.257 e. The lowest BCUT2D eigenvalue weighted by Gasteiger charge is -2.35. The summed E-state index contributed by atoms with van der Waals surface area (Å²) in [5.41, 5.74) is 7.06. The molecule has 1 saturated heterocycles. The number of likely N-dealkylation sites (tertiary alicyclic amines) is 1. The fourth-order valence-corrected chi connectivity index (χ4v) is 3.67. The number of amides is 1. The average molecular weight is 338 g/mol. The Morgan fingerprint density at radius 1 is 1.28 bits per heavy atom. The third-order valence-electron chi connectivity index (χ3n) is 5.32. The topological polar surface area (TPSA) is 92.3 Å². The van der Waals surface area contributed by atoms with Crippen LogP contribution in [0, 0.1) is 5.92 Å². The van der Waals surface area contributed by atoms with Crippen LogP contribution in [0.25, 0.3) is 11.3 Å². The largest absolute Gasteiger partial charge is 0.390 e. The SMILES string of the molecule is Nc1ncc(C(=O)N2CCCC(C3(O)CC3)C2)c(-c2ccccc2)n1. The van der Waals surface area contributed by atoms with Gasteiger partial charge >= 0.3 is 0 Å². The fourth-order valence-electron chi connectivity index (χ4n) is 3.67. The summed E-state index contributed by atoms with van der Waals surface area (Å²) in [5, 5.41) is 10.4. The molecule has 0 radical (unpaired) electrons. The first-order valence-electron chi connectivity index (χ1n) is 8.76. The van der Waals surface area contributed by atoms with Gasteiger partial charge in [-0.3, -0.25) is 4.79 Å². The van der Waals surface area contributed by atoms with Crippen molar-refractivity contribution in [2.24, 2.45) is 5.92 Å². The van der Waals surface area contributed by atoms with E-state index in [-0.39, 0.29) is 17.8 Å². The van der Waals surface area contributed by atoms with Gasteiger partial charge in [-0.1, -0.05) is 30.3 Å². The Bertz CT molecular complexity index is 789. The van der Waals surface area contributed by atoms with Crippen LogP contribution in [0.15, 0.2) is 36.5 Å². The number of nitrogens with zero attached hydrogens (tertiary/aromatic N) is 3. The van der Waals surface area contributed by atoms with Crippen molar-refractivity contribution in [3.8, 4) is 11.3 Å². The van der Waals surface area contributed by atoms with Gasteiger partial charge in [0, 0.05) is 30.8 Å². The molecule has 2 aliphatic rings. The monoisotopic (exact) mass is 338 g/mol. The zero-order chi connectivity index (χ0) is 17.4. The average Bonchev–Trinajstić information content (AvgIpc) is 3.41. The van der Waals surface area contributed by atoms with Crippen LogP contribution in [0.3, 0.4) is 0 Å². The Morgan fingerprint density at radius 3 is 2.76 bits per heavy atom. The number of hydrogen-bond acceptors (Lipinski definition) is 5. The number of carbonyl (C=O) groups excluding carboxylic acids is 1. The van der Waals surface area contributed by atoms with Crippen molar-refractivity contribution in [2.45, 2.75) is 31.3 Å². The van der Waals surface area contributed by atoms with E-state index in [0.29, 0.717) is 24.3 Å². The maximum absolute atomic E-state index is 13.1. The molecule has 3 N–H and O–H groups in total. The summed E-state index contributed by atoms with van der Waals surface area (Å²) in [6.07, 6.45) is 5.10. The van der Waals surface area contributed by atoms with Crippen molar-refractivity contribution < 1.29 is 9.90 Å². The van der Waals surface area contributed by atoms with E-state index < -0.39 is 5.60 Å². The lowest BCUT2D eigenvalue weighted by molar-refractivity contribution is 0.0282. The minimum Gasteiger partial charge on any atom is -0.390 e. The summed E-state index contributed by atoms with van der Waals surface area (Å²) in [5.74, 6) is 0.229. The Labute approximate surface area is 146 Å². The van der Waals surface area contributed by atoms with Crippen molar-refractivity contribution in [1.29, 1.82) is 0 Å². The Balaban J connectivity index is 1.64. The molecule has 25 heavy (non-hydrogen) atoms. The number of carbonyl (C=O) groups is 1. The van der Waals surface area contributed by atoms with Crippen LogP contribution in [-0.2, 0) is 0 Å². The summed E-state index contributed by atoms with van der Waals surface area (Å²) in [7, 11) is 0. The molecule has 1 aromatic carbocycles. The van der Waals surface area contributed by atoms with Crippen molar-refractivity contribution in [3.05, 3.63) is 42.1 Å². The Hall–Kier alpha value is -2.47. The maximum atomic E-state index is 13.1. The molecule has 2 aromatic rings. The van der Waals surface area contributed by atoms with Crippen molar-refractivity contribution in [2.75, 3.05) is 18.8 Å². The normalized spacial score (nSPS) is 21.8. The molecule has 2 heterocycles. The van der Waals surface area contributed by atoms with E-state index in [1.165, 1.54) is 6.20 Å². The zero-order valence-electron chi connectivity index (χ0n) is 14.1. The Kier molecular flexibility index (Phi) is 3.92. The van der Waals surface area contributed by atoms with E-state index >= 15 is 0 Å². The summed E-state index contributed by atoms with van der Waals surface area (Å²) in [6.45, 7) is 1.29. The van der Waals surface area contributed by atoms with E-state index in [2.05, 4.69) is 9.97 Å². The van der Waals surface area contributed by atoms with Gasteiger partial charge in [-0.25, -0.2) is 9.97 Å². The van der Waals surface area contributed by atoms with Crippen LogP contribution >= 0.6 is 0 Å². The first-order chi connectivity index (χ1) is 12.1. The van der Waals surface area contributed by atoms with Crippen molar-refractivity contribution >= 4 is 11.9 Å². The predicted molar refractivity (Wildman–Crippen MR) is 94.7 cm³/mol. The molecule has 1 unspecified atom stereocenters. The highest BCUT2D eigenvalue weighted by molar-refractivity contribution is 5.99. The van der Waals surface area contributed by atoms with Crippen LogP contribution in [0.5, 0.6) is 0 Å². The van der Waals surface area contributed by atoms with Crippen LogP contribution in [-0.4, -0.2) is 44.6 Å². The molecule has 0 spiro atoms. The molecule has 1 amide bonds. The van der Waals surface area contributed by atoms with Gasteiger partial charge in [-0.05, 0) is 25.7 Å². The third kappa shape index (κ3) is 3.09. The van der Waals surface area contributed by atoms with E-state index in [9.17, 15) is 9.90 Å². The third-order valence-corrected chi connectivity index (χ3v) is 5.32. The minimum absolute atomic E-state index is 0.0900. The van der Waals surface area contributed by atoms with E-state index in [4.69, 9.17) is 5.73 Å². The number of hydrogen-bond donors (Lipinski definition) is 2. The number of aromatic nitrogens is 2. The van der Waals surface area contributed by atoms with Gasteiger partial charge in [0.2, 0.25) is 5.95 Å². The molecule has 1 saturated carbocycles. The standard InChI is InChI=1S/C19H22N4O2/c20-18-21-11-15(16(22-18)13-5-2-1-3-6-13)17(24)23-10-4-7-14(12-23)19(25)8-9-19/h1-3,5-6,11,14,25H,4,7-10,12H2,(H2,20,21,22). The van der Waals surface area contributed by atoms with E-state index in [1.54, 1.807) is 0 Å². The van der Waals surface area contributed by atoms with Gasteiger partial charge < -0.3 is 15.7 Å². The second-order valence-corrected chi connectivity index (χ2v) is 7.05. The van der Waals surface area contributed by atoms with Crippen LogP contribution in [0.2, 0.25) is 0 Å². The van der Waals surface area contributed by atoms with Gasteiger partial charge in [0.15, 0.2) is 0 Å². The van der Waals surface area contributed by atoms with Crippen LogP contribution in [0.1, 0.15) is 36.0 Å². The molecule has 6 heteroatoms. The minimum atomic E-state index is -0.557. The molecule has 1 aromatic heterocycles. The second-order valence-electron chi connectivity index (χ2n) is 7.05. The number of anilines is 1. The molecule has 1 aliphatic carbocycles. The van der Waals surface area contributed by atoms with Crippen LogP contribution in [0.4, 0.5) is 5.95 Å². The molecule has 6 nitrogen and oxygen atoms in total. The van der Waals surface area contributed by atoms with Gasteiger partial charge in [-0.15, -0.1) is 0 Å². The van der Waals surface area contributed by atoms with Gasteiger partial charge in [-0.2, -0.15) is 0 Å². The Morgan fingerprint density at radius 2 is 2.04 bits per heavy atom. The van der Waals surface area contributed by atoms with Crippen molar-refractivity contribution in [1.82, 2.24) is 14.9 Å². The molecule has 1 aliphatic heterocycles. The molecule has 4 rings (SSSR count). The van der Waals surface area contributed by atoms with Crippen molar-refractivity contribution in [3.63, 3.8) is 0 Å². The second kappa shape index (κ2) is 6.11. The molecule has 0 bridgehead atoms. The highest BCUT2D eigenvalue weighted by Crippen LogP contribution is 2.45. The highest BCUT2D eigenvalue weighted by Gasteiger charge is 2.49. The fraction of sp³-hybridized carbons (Fsp3) is 0.421. The van der Waals surface area contributed by atoms with Gasteiger partial charge in [0.05, 0.1) is 16.9 Å².